The van der Waals surface area contributed by atoms with Crippen molar-refractivity contribution in [2.75, 3.05) is 13.2 Å². The van der Waals surface area contributed by atoms with Crippen LogP contribution in [0.25, 0.3) is 0 Å². The van der Waals surface area contributed by atoms with Crippen LogP contribution in [0.3, 0.4) is 0 Å². The fraction of sp³-hybridized carbons (Fsp3) is 0.667. The number of carbonyl (C=O) groups excluding carboxylic acids is 2. The number of rotatable bonds is 6. The van der Waals surface area contributed by atoms with Gasteiger partial charge in [-0.2, -0.15) is 0 Å². The molecule has 0 aliphatic carbocycles. The number of allylic oxidation sites excluding steroid dienone is 1. The van der Waals surface area contributed by atoms with E-state index in [4.69, 9.17) is 9.47 Å². The van der Waals surface area contributed by atoms with E-state index in [1.807, 2.05) is 6.92 Å². The maximum atomic E-state index is 12.6. The molecule has 1 heterocycles. The molecule has 1 aliphatic heterocycles. The van der Waals surface area contributed by atoms with Gasteiger partial charge in [-0.05, 0) is 40.2 Å². The zero-order chi connectivity index (χ0) is 18.4. The van der Waals surface area contributed by atoms with Gasteiger partial charge in [0.2, 0.25) is 0 Å². The monoisotopic (exact) mass is 339 g/mol. The van der Waals surface area contributed by atoms with E-state index in [2.05, 4.69) is 0 Å². The van der Waals surface area contributed by atoms with E-state index >= 15 is 0 Å². The number of aliphatic hydroxyl groups is 1. The van der Waals surface area contributed by atoms with Crippen LogP contribution in [0.5, 0.6) is 0 Å². The molecule has 1 amide bonds. The number of ether oxygens (including phenoxy) is 2. The van der Waals surface area contributed by atoms with Crippen LogP contribution >= 0.6 is 0 Å². The number of hydrogen-bond donors (Lipinski definition) is 1. The van der Waals surface area contributed by atoms with Crippen molar-refractivity contribution < 1.29 is 24.2 Å². The molecule has 0 saturated carbocycles. The van der Waals surface area contributed by atoms with E-state index in [0.29, 0.717) is 0 Å². The van der Waals surface area contributed by atoms with Crippen molar-refractivity contribution in [1.29, 1.82) is 0 Å². The fourth-order valence-electron chi connectivity index (χ4n) is 2.46. The summed E-state index contributed by atoms with van der Waals surface area (Å²) in [5, 5.41) is 10.7. The predicted molar refractivity (Wildman–Crippen MR) is 91.5 cm³/mol. The average Bonchev–Trinajstić information content (AvgIpc) is 2.92. The van der Waals surface area contributed by atoms with Gasteiger partial charge in [0.1, 0.15) is 11.7 Å². The van der Waals surface area contributed by atoms with Crippen LogP contribution < -0.4 is 0 Å². The second-order valence-corrected chi connectivity index (χ2v) is 6.70. The Bertz CT molecular complexity index is 506. The molecule has 0 fully saturated rings. The summed E-state index contributed by atoms with van der Waals surface area (Å²) in [4.78, 5) is 26.4. The molecule has 0 aromatic heterocycles. The molecule has 1 N–H and O–H groups in total. The maximum absolute atomic E-state index is 12.6. The van der Waals surface area contributed by atoms with Crippen LogP contribution in [0.2, 0.25) is 0 Å². The Balaban J connectivity index is 3.17. The Morgan fingerprint density at radius 1 is 1.38 bits per heavy atom. The Morgan fingerprint density at radius 2 is 2.04 bits per heavy atom. The van der Waals surface area contributed by atoms with Gasteiger partial charge in [-0.1, -0.05) is 31.6 Å². The van der Waals surface area contributed by atoms with Gasteiger partial charge in [0, 0.05) is 6.54 Å². The summed E-state index contributed by atoms with van der Waals surface area (Å²) in [6.07, 6.45) is 6.33. The second kappa shape index (κ2) is 8.33. The van der Waals surface area contributed by atoms with E-state index in [9.17, 15) is 14.7 Å². The summed E-state index contributed by atoms with van der Waals surface area (Å²) >= 11 is 0. The molecule has 0 radical (unpaired) electrons. The molecule has 6 heteroatoms. The number of hydrogen-bond acceptors (Lipinski definition) is 5. The average molecular weight is 339 g/mol. The molecular weight excluding hydrogens is 310 g/mol. The van der Waals surface area contributed by atoms with Crippen LogP contribution in [0.15, 0.2) is 24.3 Å². The number of carbonyl (C=O) groups is 2. The summed E-state index contributed by atoms with van der Waals surface area (Å²) in [5.74, 6) is -0.668. The van der Waals surface area contributed by atoms with E-state index in [1.54, 1.807) is 39.8 Å². The summed E-state index contributed by atoms with van der Waals surface area (Å²) in [6.45, 7) is 9.27. The van der Waals surface area contributed by atoms with E-state index in [0.717, 1.165) is 12.8 Å². The lowest BCUT2D eigenvalue weighted by Gasteiger charge is -2.38. The van der Waals surface area contributed by atoms with Gasteiger partial charge in [0.05, 0.1) is 6.61 Å². The van der Waals surface area contributed by atoms with Gasteiger partial charge < -0.3 is 14.6 Å². The van der Waals surface area contributed by atoms with Gasteiger partial charge in [0.25, 0.3) is 0 Å². The van der Waals surface area contributed by atoms with Crippen molar-refractivity contribution in [2.24, 2.45) is 0 Å². The minimum Gasteiger partial charge on any atom is -0.464 e. The van der Waals surface area contributed by atoms with Crippen molar-refractivity contribution in [2.45, 2.75) is 64.7 Å². The first-order valence-electron chi connectivity index (χ1n) is 8.39. The molecule has 0 spiro atoms. The van der Waals surface area contributed by atoms with Crippen molar-refractivity contribution in [1.82, 2.24) is 4.90 Å². The standard InChI is InChI=1S/C18H29NO5/c1-6-8-9-11-14(20)18(15(21)23-7-2)12-10-13-19(18)16(22)24-17(3,4)5/h9-12,14,20H,6-8,13H2,1-5H3/b11-9+/t14-,18+/m1/s1. The lowest BCUT2D eigenvalue weighted by Crippen LogP contribution is -2.61. The zero-order valence-electron chi connectivity index (χ0n) is 15.2. The molecule has 1 rings (SSSR count). The Hall–Kier alpha value is -1.82. The first kappa shape index (κ1) is 20.2. The summed E-state index contributed by atoms with van der Waals surface area (Å²) in [7, 11) is 0. The van der Waals surface area contributed by atoms with Gasteiger partial charge >= 0.3 is 12.1 Å². The van der Waals surface area contributed by atoms with Crippen LogP contribution in [-0.4, -0.2) is 52.5 Å². The van der Waals surface area contributed by atoms with Crippen molar-refractivity contribution in [3.8, 4) is 0 Å². The third kappa shape index (κ3) is 4.60. The molecule has 0 unspecified atom stereocenters. The molecule has 24 heavy (non-hydrogen) atoms. The minimum atomic E-state index is -1.59. The smallest absolute Gasteiger partial charge is 0.411 e. The highest BCUT2D eigenvalue weighted by Gasteiger charge is 2.54. The molecule has 0 aromatic rings. The zero-order valence-corrected chi connectivity index (χ0v) is 15.2. The fourth-order valence-corrected chi connectivity index (χ4v) is 2.46. The van der Waals surface area contributed by atoms with Crippen LogP contribution in [0.1, 0.15) is 47.5 Å². The van der Waals surface area contributed by atoms with Crippen LogP contribution in [0, 0.1) is 0 Å². The van der Waals surface area contributed by atoms with E-state index < -0.39 is 29.3 Å². The molecular formula is C18H29NO5. The molecule has 0 saturated heterocycles. The Labute approximate surface area is 144 Å². The highest BCUT2D eigenvalue weighted by molar-refractivity contribution is 5.90. The number of amides is 1. The molecule has 0 bridgehead atoms. The molecule has 1 aliphatic rings. The number of aliphatic hydroxyl groups excluding tert-OH is 1. The highest BCUT2D eigenvalue weighted by Crippen LogP contribution is 2.31. The molecule has 6 nitrogen and oxygen atoms in total. The van der Waals surface area contributed by atoms with Crippen molar-refractivity contribution in [3.63, 3.8) is 0 Å². The van der Waals surface area contributed by atoms with Crippen molar-refractivity contribution in [3.05, 3.63) is 24.3 Å². The number of nitrogens with zero attached hydrogens (tertiary/aromatic N) is 1. The van der Waals surface area contributed by atoms with Crippen molar-refractivity contribution >= 4 is 12.1 Å². The van der Waals surface area contributed by atoms with Gasteiger partial charge in [-0.25, -0.2) is 9.59 Å². The predicted octanol–water partition coefficient (Wildman–Crippen LogP) is 2.81. The lowest BCUT2D eigenvalue weighted by atomic mass is 9.91. The van der Waals surface area contributed by atoms with Crippen LogP contribution in [-0.2, 0) is 14.3 Å². The molecule has 0 aromatic carbocycles. The summed E-state index contributed by atoms with van der Waals surface area (Å²) in [6, 6.07) is 0. The SMILES string of the molecule is CCC/C=C/[C@@H](O)[C@]1(C(=O)OCC)C=CCN1C(=O)OC(C)(C)C. The molecule has 136 valence electrons. The Morgan fingerprint density at radius 3 is 2.58 bits per heavy atom. The number of esters is 1. The third-order valence-corrected chi connectivity index (χ3v) is 3.55. The van der Waals surface area contributed by atoms with E-state index in [1.165, 1.54) is 17.1 Å². The number of unbranched alkanes of at least 4 members (excludes halogenated alkanes) is 1. The highest BCUT2D eigenvalue weighted by atomic mass is 16.6. The summed E-state index contributed by atoms with van der Waals surface area (Å²) in [5.41, 5.74) is -2.30. The maximum Gasteiger partial charge on any atom is 0.411 e. The summed E-state index contributed by atoms with van der Waals surface area (Å²) < 4.78 is 10.5. The second-order valence-electron chi connectivity index (χ2n) is 6.70. The first-order valence-corrected chi connectivity index (χ1v) is 8.39. The van der Waals surface area contributed by atoms with Gasteiger partial charge in [-0.3, -0.25) is 4.90 Å². The van der Waals surface area contributed by atoms with Gasteiger partial charge in [0.15, 0.2) is 5.54 Å². The Kier molecular flexibility index (Phi) is 7.02. The topological polar surface area (TPSA) is 76.1 Å². The normalized spacial score (nSPS) is 22.0. The van der Waals surface area contributed by atoms with E-state index in [-0.39, 0.29) is 13.2 Å². The quantitative estimate of drug-likeness (QED) is 0.595. The lowest BCUT2D eigenvalue weighted by molar-refractivity contribution is -0.158. The first-order chi connectivity index (χ1) is 11.2. The third-order valence-electron chi connectivity index (χ3n) is 3.55. The minimum absolute atomic E-state index is 0.155. The molecule has 2 atom stereocenters. The van der Waals surface area contributed by atoms with Gasteiger partial charge in [-0.15, -0.1) is 0 Å². The largest absolute Gasteiger partial charge is 0.464 e. The van der Waals surface area contributed by atoms with Crippen LogP contribution in [0.4, 0.5) is 4.79 Å².